The maximum absolute atomic E-state index is 4.22. The summed E-state index contributed by atoms with van der Waals surface area (Å²) in [5.41, 5.74) is 2.22. The Morgan fingerprint density at radius 1 is 1.43 bits per heavy atom. The van der Waals surface area contributed by atoms with Gasteiger partial charge in [0.05, 0.1) is 0 Å². The smallest absolute Gasteiger partial charge is 0.0373 e. The Morgan fingerprint density at radius 3 is 2.93 bits per heavy atom. The largest absolute Gasteiger partial charge is 0.313 e. The fraction of sp³-hybridized carbons (Fsp3) is 0.417. The monoisotopic (exact) mass is 190 g/mol. The highest BCUT2D eigenvalue weighted by Crippen LogP contribution is 2.00. The van der Waals surface area contributed by atoms with Crippen LogP contribution in [0.25, 0.3) is 6.08 Å². The summed E-state index contributed by atoms with van der Waals surface area (Å²) in [4.78, 5) is 4.22. The Kier molecular flexibility index (Phi) is 4.94. The molecule has 1 N–H and O–H groups in total. The van der Waals surface area contributed by atoms with Gasteiger partial charge in [0.2, 0.25) is 0 Å². The zero-order chi connectivity index (χ0) is 10.2. The third kappa shape index (κ3) is 4.19. The Bertz CT molecular complexity index is 275. The average molecular weight is 190 g/mol. The van der Waals surface area contributed by atoms with Crippen molar-refractivity contribution in [3.63, 3.8) is 0 Å². The van der Waals surface area contributed by atoms with Crippen LogP contribution in [0, 0.1) is 6.92 Å². The normalized spacial score (nSPS) is 11.0. The van der Waals surface area contributed by atoms with Gasteiger partial charge in [0.1, 0.15) is 0 Å². The van der Waals surface area contributed by atoms with Crippen LogP contribution in [0.3, 0.4) is 0 Å². The van der Waals surface area contributed by atoms with Gasteiger partial charge in [-0.05, 0) is 31.5 Å². The summed E-state index contributed by atoms with van der Waals surface area (Å²) >= 11 is 0. The van der Waals surface area contributed by atoms with E-state index >= 15 is 0 Å². The summed E-state index contributed by atoms with van der Waals surface area (Å²) in [5, 5.41) is 3.31. The molecule has 0 aliphatic rings. The molecule has 0 saturated heterocycles. The molecule has 2 heteroatoms. The van der Waals surface area contributed by atoms with E-state index in [1.165, 1.54) is 6.42 Å². The van der Waals surface area contributed by atoms with Crippen LogP contribution in [0.4, 0.5) is 0 Å². The number of nitrogens with zero attached hydrogens (tertiary/aromatic N) is 1. The Balaban J connectivity index is 2.33. The molecule has 1 aromatic heterocycles. The second-order valence-corrected chi connectivity index (χ2v) is 3.34. The molecule has 1 heterocycles. The summed E-state index contributed by atoms with van der Waals surface area (Å²) in [6, 6.07) is 4.11. The third-order valence-corrected chi connectivity index (χ3v) is 1.93. The van der Waals surface area contributed by atoms with Crippen LogP contribution >= 0.6 is 0 Å². The lowest BCUT2D eigenvalue weighted by atomic mass is 10.2. The van der Waals surface area contributed by atoms with Gasteiger partial charge in [0, 0.05) is 18.4 Å². The Labute approximate surface area is 86.1 Å². The fourth-order valence-corrected chi connectivity index (χ4v) is 1.14. The summed E-state index contributed by atoms with van der Waals surface area (Å²) in [6.45, 7) is 6.18. The molecule has 0 aliphatic carbocycles. The van der Waals surface area contributed by atoms with Crippen molar-refractivity contribution >= 4 is 6.08 Å². The van der Waals surface area contributed by atoms with Crippen molar-refractivity contribution in [3.8, 4) is 0 Å². The van der Waals surface area contributed by atoms with Crippen LogP contribution in [0.15, 0.2) is 24.4 Å². The maximum atomic E-state index is 4.22. The van der Waals surface area contributed by atoms with Crippen LogP contribution in [0.1, 0.15) is 24.6 Å². The average Bonchev–Trinajstić information content (AvgIpc) is 2.21. The van der Waals surface area contributed by atoms with Crippen molar-refractivity contribution in [2.45, 2.75) is 20.3 Å². The van der Waals surface area contributed by atoms with E-state index in [1.807, 2.05) is 19.2 Å². The molecule has 0 radical (unpaired) electrons. The first-order chi connectivity index (χ1) is 6.83. The second kappa shape index (κ2) is 6.33. The zero-order valence-corrected chi connectivity index (χ0v) is 8.96. The van der Waals surface area contributed by atoms with Gasteiger partial charge in [-0.25, -0.2) is 0 Å². The van der Waals surface area contributed by atoms with Crippen molar-refractivity contribution < 1.29 is 0 Å². The van der Waals surface area contributed by atoms with E-state index in [0.29, 0.717) is 0 Å². The lowest BCUT2D eigenvalue weighted by Crippen LogP contribution is -2.13. The number of nitrogens with one attached hydrogen (secondary N) is 1. The first-order valence-corrected chi connectivity index (χ1v) is 5.13. The number of aryl methyl sites for hydroxylation is 1. The quantitative estimate of drug-likeness (QED) is 0.721. The van der Waals surface area contributed by atoms with Gasteiger partial charge in [0.15, 0.2) is 0 Å². The lowest BCUT2D eigenvalue weighted by Gasteiger charge is -1.97. The molecule has 76 valence electrons. The first kappa shape index (κ1) is 10.9. The Hall–Kier alpha value is -1.15. The Morgan fingerprint density at radius 2 is 2.29 bits per heavy atom. The predicted octanol–water partition coefficient (Wildman–Crippen LogP) is 2.40. The van der Waals surface area contributed by atoms with E-state index < -0.39 is 0 Å². The van der Waals surface area contributed by atoms with E-state index in [0.717, 1.165) is 24.3 Å². The summed E-state index contributed by atoms with van der Waals surface area (Å²) in [6.07, 6.45) is 7.29. The van der Waals surface area contributed by atoms with Crippen molar-refractivity contribution in [1.29, 1.82) is 0 Å². The highest BCUT2D eigenvalue weighted by Gasteiger charge is 1.86. The van der Waals surface area contributed by atoms with Crippen molar-refractivity contribution in [2.24, 2.45) is 0 Å². The minimum atomic E-state index is 0.932. The number of hydrogen-bond acceptors (Lipinski definition) is 2. The molecule has 0 aliphatic heterocycles. The minimum absolute atomic E-state index is 0.932. The van der Waals surface area contributed by atoms with Gasteiger partial charge in [-0.2, -0.15) is 0 Å². The lowest BCUT2D eigenvalue weighted by molar-refractivity contribution is 0.730. The SMILES string of the molecule is CCCNC/C=C/c1ccc(C)nc1. The van der Waals surface area contributed by atoms with Gasteiger partial charge >= 0.3 is 0 Å². The van der Waals surface area contributed by atoms with E-state index in [-0.39, 0.29) is 0 Å². The molecule has 2 nitrogen and oxygen atoms in total. The van der Waals surface area contributed by atoms with Gasteiger partial charge < -0.3 is 5.32 Å². The van der Waals surface area contributed by atoms with Gasteiger partial charge in [-0.15, -0.1) is 0 Å². The molecular formula is C12H18N2. The van der Waals surface area contributed by atoms with Crippen LogP contribution in [-0.4, -0.2) is 18.1 Å². The van der Waals surface area contributed by atoms with E-state index in [9.17, 15) is 0 Å². The fourth-order valence-electron chi connectivity index (χ4n) is 1.14. The highest BCUT2D eigenvalue weighted by molar-refractivity contribution is 5.47. The van der Waals surface area contributed by atoms with Gasteiger partial charge in [-0.1, -0.05) is 25.1 Å². The molecule has 1 rings (SSSR count). The number of hydrogen-bond donors (Lipinski definition) is 1. The number of pyridine rings is 1. The zero-order valence-electron chi connectivity index (χ0n) is 8.96. The third-order valence-electron chi connectivity index (χ3n) is 1.93. The van der Waals surface area contributed by atoms with Crippen LogP contribution in [-0.2, 0) is 0 Å². The number of aromatic nitrogens is 1. The molecule has 0 spiro atoms. The first-order valence-electron chi connectivity index (χ1n) is 5.13. The van der Waals surface area contributed by atoms with Crippen LogP contribution < -0.4 is 5.32 Å². The van der Waals surface area contributed by atoms with E-state index in [1.54, 1.807) is 0 Å². The molecule has 1 aromatic rings. The molecule has 14 heavy (non-hydrogen) atoms. The topological polar surface area (TPSA) is 24.9 Å². The number of rotatable bonds is 5. The standard InChI is InChI=1S/C12H18N2/c1-3-8-13-9-4-5-12-7-6-11(2)14-10-12/h4-7,10,13H,3,8-9H2,1-2H3/b5-4+. The van der Waals surface area contributed by atoms with Crippen LogP contribution in [0.2, 0.25) is 0 Å². The van der Waals surface area contributed by atoms with Crippen molar-refractivity contribution in [2.75, 3.05) is 13.1 Å². The van der Waals surface area contributed by atoms with Crippen LogP contribution in [0.5, 0.6) is 0 Å². The van der Waals surface area contributed by atoms with Gasteiger partial charge in [-0.3, -0.25) is 4.98 Å². The summed E-state index contributed by atoms with van der Waals surface area (Å²) < 4.78 is 0. The van der Waals surface area contributed by atoms with Crippen molar-refractivity contribution in [1.82, 2.24) is 10.3 Å². The minimum Gasteiger partial charge on any atom is -0.313 e. The molecule has 0 bridgehead atoms. The molecule has 0 fully saturated rings. The molecule has 0 aromatic carbocycles. The second-order valence-electron chi connectivity index (χ2n) is 3.34. The molecular weight excluding hydrogens is 172 g/mol. The summed E-state index contributed by atoms with van der Waals surface area (Å²) in [7, 11) is 0. The highest BCUT2D eigenvalue weighted by atomic mass is 14.8. The summed E-state index contributed by atoms with van der Waals surface area (Å²) in [5.74, 6) is 0. The molecule has 0 unspecified atom stereocenters. The van der Waals surface area contributed by atoms with E-state index in [4.69, 9.17) is 0 Å². The predicted molar refractivity (Wildman–Crippen MR) is 61.2 cm³/mol. The van der Waals surface area contributed by atoms with Gasteiger partial charge in [0.25, 0.3) is 0 Å². The van der Waals surface area contributed by atoms with E-state index in [2.05, 4.69) is 35.4 Å². The molecule has 0 saturated carbocycles. The maximum Gasteiger partial charge on any atom is 0.0373 e. The van der Waals surface area contributed by atoms with Crippen molar-refractivity contribution in [3.05, 3.63) is 35.7 Å². The molecule has 0 amide bonds. The molecule has 0 atom stereocenters.